The number of carbonyl (C=O) groups excluding carboxylic acids is 1. The van der Waals surface area contributed by atoms with Gasteiger partial charge in [-0.25, -0.2) is 4.39 Å². The van der Waals surface area contributed by atoms with E-state index in [1.165, 1.54) is 31.4 Å². The van der Waals surface area contributed by atoms with E-state index in [1.54, 1.807) is 12.1 Å². The summed E-state index contributed by atoms with van der Waals surface area (Å²) in [5.74, 6) is 0.474. The lowest BCUT2D eigenvalue weighted by Gasteiger charge is -2.51. The molecule has 0 radical (unpaired) electrons. The van der Waals surface area contributed by atoms with Crippen molar-refractivity contribution in [2.45, 2.75) is 57.3 Å². The second kappa shape index (κ2) is 6.28. The van der Waals surface area contributed by atoms with E-state index in [0.29, 0.717) is 19.0 Å². The van der Waals surface area contributed by atoms with E-state index in [1.807, 2.05) is 0 Å². The summed E-state index contributed by atoms with van der Waals surface area (Å²) < 4.78 is 24.8. The van der Waals surface area contributed by atoms with Crippen LogP contribution in [0.1, 0.15) is 44.6 Å². The number of epoxide rings is 1. The normalized spacial score (nSPS) is 42.5. The van der Waals surface area contributed by atoms with Gasteiger partial charge in [0.25, 0.3) is 0 Å². The summed E-state index contributed by atoms with van der Waals surface area (Å²) in [4.78, 5) is 12.6. The van der Waals surface area contributed by atoms with Crippen molar-refractivity contribution < 1.29 is 18.7 Å². The van der Waals surface area contributed by atoms with Crippen molar-refractivity contribution in [1.29, 1.82) is 0 Å². The van der Waals surface area contributed by atoms with E-state index in [-0.39, 0.29) is 40.7 Å². The number of ether oxygens (including phenoxy) is 2. The first-order valence-corrected chi connectivity index (χ1v) is 10.3. The molecule has 0 bridgehead atoms. The zero-order valence-electron chi connectivity index (χ0n) is 15.9. The summed E-state index contributed by atoms with van der Waals surface area (Å²) in [6.07, 6.45) is 5.69. The Labute approximate surface area is 159 Å². The van der Waals surface area contributed by atoms with Gasteiger partial charge in [-0.1, -0.05) is 19.1 Å². The Balaban J connectivity index is 1.26. The number of benzene rings is 1. The lowest BCUT2D eigenvalue weighted by Crippen LogP contribution is -2.51. The first-order valence-electron chi connectivity index (χ1n) is 10.3. The SMILES string of the molecule is C[C@]12CCC[C@]3(CO3)[C@H]1C[C@@H]1[C@H](CNCc3ccc(F)cc3)C(=O)O[C@@H]1C2. The van der Waals surface area contributed by atoms with E-state index in [2.05, 4.69) is 12.2 Å². The molecule has 1 N–H and O–H groups in total. The molecule has 0 unspecified atom stereocenters. The van der Waals surface area contributed by atoms with Crippen LogP contribution in [0, 0.1) is 29.0 Å². The number of nitrogens with one attached hydrogen (secondary N) is 1. The molecule has 5 rings (SSSR count). The molecule has 0 amide bonds. The standard InChI is InChI=1S/C22H28FNO3/c1-21-7-2-8-22(13-26-22)19(21)9-16-17(20(25)27-18(16)10-21)12-24-11-14-3-5-15(23)6-4-14/h3-6,16-19,24H,2,7-13H2,1H3/t16-,17+,18-,19+,21-,22+/m1/s1. The van der Waals surface area contributed by atoms with E-state index >= 15 is 0 Å². The van der Waals surface area contributed by atoms with Crippen molar-refractivity contribution in [3.8, 4) is 0 Å². The lowest BCUT2D eigenvalue weighted by molar-refractivity contribution is -0.147. The lowest BCUT2D eigenvalue weighted by atomic mass is 9.53. The van der Waals surface area contributed by atoms with Crippen molar-refractivity contribution in [3.05, 3.63) is 35.6 Å². The molecule has 5 heteroatoms. The summed E-state index contributed by atoms with van der Waals surface area (Å²) >= 11 is 0. The van der Waals surface area contributed by atoms with Crippen LogP contribution < -0.4 is 5.32 Å². The highest BCUT2D eigenvalue weighted by atomic mass is 19.1. The van der Waals surface area contributed by atoms with Crippen LogP contribution in [0.25, 0.3) is 0 Å². The van der Waals surface area contributed by atoms with Gasteiger partial charge in [-0.05, 0) is 61.1 Å². The van der Waals surface area contributed by atoms with Gasteiger partial charge in [-0.15, -0.1) is 0 Å². The van der Waals surface area contributed by atoms with Crippen LogP contribution >= 0.6 is 0 Å². The molecular weight excluding hydrogens is 345 g/mol. The Morgan fingerprint density at radius 1 is 1.26 bits per heavy atom. The molecule has 2 saturated heterocycles. The summed E-state index contributed by atoms with van der Waals surface area (Å²) in [5.41, 5.74) is 1.36. The highest BCUT2D eigenvalue weighted by molar-refractivity contribution is 5.75. The minimum Gasteiger partial charge on any atom is -0.462 e. The smallest absolute Gasteiger partial charge is 0.310 e. The third-order valence-corrected chi connectivity index (χ3v) is 7.69. The highest BCUT2D eigenvalue weighted by Gasteiger charge is 2.64. The average molecular weight is 373 g/mol. The number of esters is 1. The Morgan fingerprint density at radius 2 is 2.04 bits per heavy atom. The minimum atomic E-state index is -0.227. The molecule has 4 nitrogen and oxygen atoms in total. The fourth-order valence-electron chi connectivity index (χ4n) is 6.16. The Kier molecular flexibility index (Phi) is 4.10. The summed E-state index contributed by atoms with van der Waals surface area (Å²) in [6, 6.07) is 6.49. The summed E-state index contributed by atoms with van der Waals surface area (Å²) in [6.45, 7) is 4.53. The Morgan fingerprint density at radius 3 is 2.78 bits per heavy atom. The molecule has 146 valence electrons. The zero-order valence-corrected chi connectivity index (χ0v) is 15.9. The number of rotatable bonds is 4. The van der Waals surface area contributed by atoms with E-state index in [9.17, 15) is 9.18 Å². The first-order chi connectivity index (χ1) is 13.0. The van der Waals surface area contributed by atoms with Crippen LogP contribution in [0.3, 0.4) is 0 Å². The topological polar surface area (TPSA) is 50.9 Å². The van der Waals surface area contributed by atoms with Gasteiger partial charge in [0.05, 0.1) is 18.1 Å². The van der Waals surface area contributed by atoms with Gasteiger partial charge < -0.3 is 14.8 Å². The maximum atomic E-state index is 13.0. The predicted octanol–water partition coefficient (Wildman–Crippen LogP) is 3.44. The monoisotopic (exact) mass is 373 g/mol. The van der Waals surface area contributed by atoms with Gasteiger partial charge in [-0.3, -0.25) is 4.79 Å². The molecular formula is C22H28FNO3. The number of fused-ring (bicyclic) bond motifs is 3. The molecule has 4 fully saturated rings. The molecule has 1 aromatic carbocycles. The second-order valence-electron chi connectivity index (χ2n) is 9.36. The molecule has 6 atom stereocenters. The Bertz CT molecular complexity index is 732. The Hall–Kier alpha value is -1.46. The van der Waals surface area contributed by atoms with Crippen molar-refractivity contribution in [2.24, 2.45) is 23.2 Å². The van der Waals surface area contributed by atoms with Crippen molar-refractivity contribution >= 4 is 5.97 Å². The number of carbonyl (C=O) groups is 1. The molecule has 1 aromatic rings. The maximum Gasteiger partial charge on any atom is 0.310 e. The number of hydrogen-bond donors (Lipinski definition) is 1. The number of hydrogen-bond acceptors (Lipinski definition) is 4. The van der Waals surface area contributed by atoms with Gasteiger partial charge in [0.2, 0.25) is 0 Å². The van der Waals surface area contributed by atoms with Crippen LogP contribution in [-0.2, 0) is 20.8 Å². The van der Waals surface area contributed by atoms with Gasteiger partial charge in [0.1, 0.15) is 11.9 Å². The largest absolute Gasteiger partial charge is 0.462 e. The highest BCUT2D eigenvalue weighted by Crippen LogP contribution is 2.62. The second-order valence-corrected chi connectivity index (χ2v) is 9.36. The van der Waals surface area contributed by atoms with Crippen LogP contribution in [-0.4, -0.2) is 30.8 Å². The van der Waals surface area contributed by atoms with Crippen LogP contribution in [0.15, 0.2) is 24.3 Å². The maximum absolute atomic E-state index is 13.0. The first kappa shape index (κ1) is 17.6. The third kappa shape index (κ3) is 2.99. The summed E-state index contributed by atoms with van der Waals surface area (Å²) in [5, 5.41) is 3.39. The molecule has 27 heavy (non-hydrogen) atoms. The molecule has 2 aliphatic carbocycles. The third-order valence-electron chi connectivity index (χ3n) is 7.69. The molecule has 2 heterocycles. The fraction of sp³-hybridized carbons (Fsp3) is 0.682. The van der Waals surface area contributed by atoms with E-state index in [0.717, 1.165) is 25.0 Å². The molecule has 4 aliphatic rings. The average Bonchev–Trinajstić information content (AvgIpc) is 3.33. The van der Waals surface area contributed by atoms with Gasteiger partial charge >= 0.3 is 5.97 Å². The number of halogens is 1. The molecule has 2 aliphatic heterocycles. The zero-order chi connectivity index (χ0) is 18.6. The van der Waals surface area contributed by atoms with Crippen molar-refractivity contribution in [3.63, 3.8) is 0 Å². The predicted molar refractivity (Wildman–Crippen MR) is 98.3 cm³/mol. The molecule has 1 spiro atoms. The van der Waals surface area contributed by atoms with Crippen LogP contribution in [0.4, 0.5) is 4.39 Å². The van der Waals surface area contributed by atoms with Crippen molar-refractivity contribution in [1.82, 2.24) is 5.32 Å². The van der Waals surface area contributed by atoms with E-state index < -0.39 is 0 Å². The van der Waals surface area contributed by atoms with E-state index in [4.69, 9.17) is 9.47 Å². The van der Waals surface area contributed by atoms with Gasteiger partial charge in [0, 0.05) is 19.0 Å². The molecule has 0 aromatic heterocycles. The fourth-order valence-corrected chi connectivity index (χ4v) is 6.16. The summed E-state index contributed by atoms with van der Waals surface area (Å²) in [7, 11) is 0. The van der Waals surface area contributed by atoms with Crippen LogP contribution in [0.5, 0.6) is 0 Å². The molecule has 2 saturated carbocycles. The van der Waals surface area contributed by atoms with Crippen LogP contribution in [0.2, 0.25) is 0 Å². The van der Waals surface area contributed by atoms with Crippen molar-refractivity contribution in [2.75, 3.05) is 13.2 Å². The van der Waals surface area contributed by atoms with Gasteiger partial charge in [0.15, 0.2) is 0 Å². The quantitative estimate of drug-likeness (QED) is 0.649. The minimum absolute atomic E-state index is 0.0513. The van der Waals surface area contributed by atoms with Gasteiger partial charge in [-0.2, -0.15) is 0 Å².